The molecule has 1 atom stereocenters. The van der Waals surface area contributed by atoms with E-state index < -0.39 is 0 Å². The SMILES string of the molecule is CC(=O)N1CC(C)Nc2ccccc21. The summed E-state index contributed by atoms with van der Waals surface area (Å²) in [5.74, 6) is 0.103. The average Bonchev–Trinajstić information content (AvgIpc) is 2.16. The molecular formula is C11H14N2O. The number of carbonyl (C=O) groups excluding carboxylic acids is 1. The predicted molar refractivity (Wildman–Crippen MR) is 57.6 cm³/mol. The monoisotopic (exact) mass is 190 g/mol. The highest BCUT2D eigenvalue weighted by molar-refractivity contribution is 5.96. The number of hydrogen-bond acceptors (Lipinski definition) is 2. The van der Waals surface area contributed by atoms with Crippen LogP contribution in [0.3, 0.4) is 0 Å². The van der Waals surface area contributed by atoms with Crippen molar-refractivity contribution in [3.8, 4) is 0 Å². The van der Waals surface area contributed by atoms with E-state index in [4.69, 9.17) is 0 Å². The summed E-state index contributed by atoms with van der Waals surface area (Å²) in [5, 5.41) is 3.35. The lowest BCUT2D eigenvalue weighted by molar-refractivity contribution is -0.116. The van der Waals surface area contributed by atoms with Gasteiger partial charge in [0.2, 0.25) is 5.91 Å². The number of benzene rings is 1. The van der Waals surface area contributed by atoms with Crippen molar-refractivity contribution in [2.75, 3.05) is 16.8 Å². The summed E-state index contributed by atoms with van der Waals surface area (Å²) in [6.07, 6.45) is 0. The van der Waals surface area contributed by atoms with Crippen LogP contribution in [0.5, 0.6) is 0 Å². The van der Waals surface area contributed by atoms with Crippen LogP contribution >= 0.6 is 0 Å². The number of amides is 1. The molecule has 1 aliphatic rings. The van der Waals surface area contributed by atoms with Crippen LogP contribution in [-0.4, -0.2) is 18.5 Å². The minimum atomic E-state index is 0.103. The molecule has 1 aromatic rings. The third-order valence-corrected chi connectivity index (χ3v) is 2.43. The number of nitrogens with one attached hydrogen (secondary N) is 1. The third kappa shape index (κ3) is 1.45. The van der Waals surface area contributed by atoms with Crippen molar-refractivity contribution in [3.63, 3.8) is 0 Å². The Bertz CT molecular complexity index is 362. The Morgan fingerprint density at radius 2 is 2.21 bits per heavy atom. The van der Waals surface area contributed by atoms with Gasteiger partial charge < -0.3 is 10.2 Å². The van der Waals surface area contributed by atoms with Gasteiger partial charge in [0.1, 0.15) is 0 Å². The van der Waals surface area contributed by atoms with E-state index in [2.05, 4.69) is 12.2 Å². The molecule has 0 radical (unpaired) electrons. The molecule has 1 N–H and O–H groups in total. The highest BCUT2D eigenvalue weighted by Crippen LogP contribution is 2.30. The molecule has 3 nitrogen and oxygen atoms in total. The van der Waals surface area contributed by atoms with Crippen LogP contribution in [0.25, 0.3) is 0 Å². The van der Waals surface area contributed by atoms with Gasteiger partial charge in [0, 0.05) is 19.5 Å². The molecule has 2 rings (SSSR count). The van der Waals surface area contributed by atoms with Gasteiger partial charge in [-0.15, -0.1) is 0 Å². The molecule has 74 valence electrons. The van der Waals surface area contributed by atoms with Crippen LogP contribution in [0.2, 0.25) is 0 Å². The van der Waals surface area contributed by atoms with Crippen molar-refractivity contribution in [1.29, 1.82) is 0 Å². The zero-order valence-corrected chi connectivity index (χ0v) is 8.45. The van der Waals surface area contributed by atoms with Gasteiger partial charge in [0.05, 0.1) is 11.4 Å². The van der Waals surface area contributed by atoms with E-state index in [1.807, 2.05) is 29.2 Å². The summed E-state index contributed by atoms with van der Waals surface area (Å²) in [4.78, 5) is 13.2. The highest BCUT2D eigenvalue weighted by atomic mass is 16.2. The largest absolute Gasteiger partial charge is 0.379 e. The van der Waals surface area contributed by atoms with E-state index in [0.29, 0.717) is 6.04 Å². The first kappa shape index (κ1) is 9.06. The van der Waals surface area contributed by atoms with Crippen LogP contribution in [0, 0.1) is 0 Å². The maximum atomic E-state index is 11.4. The first-order valence-electron chi connectivity index (χ1n) is 4.82. The maximum Gasteiger partial charge on any atom is 0.223 e. The molecule has 0 aromatic heterocycles. The molecule has 3 heteroatoms. The smallest absolute Gasteiger partial charge is 0.223 e. The van der Waals surface area contributed by atoms with Gasteiger partial charge in [-0.05, 0) is 19.1 Å². The van der Waals surface area contributed by atoms with Gasteiger partial charge >= 0.3 is 0 Å². The number of carbonyl (C=O) groups is 1. The Morgan fingerprint density at radius 3 is 2.93 bits per heavy atom. The van der Waals surface area contributed by atoms with Crippen LogP contribution < -0.4 is 10.2 Å². The van der Waals surface area contributed by atoms with Crippen molar-refractivity contribution in [3.05, 3.63) is 24.3 Å². The molecule has 14 heavy (non-hydrogen) atoms. The summed E-state index contributed by atoms with van der Waals surface area (Å²) in [7, 11) is 0. The standard InChI is InChI=1S/C11H14N2O/c1-8-7-13(9(2)14)11-6-4-3-5-10(11)12-8/h3-6,8,12H,7H2,1-2H3. The van der Waals surface area contributed by atoms with E-state index in [9.17, 15) is 4.79 Å². The minimum absolute atomic E-state index is 0.103. The van der Waals surface area contributed by atoms with Gasteiger partial charge in [-0.2, -0.15) is 0 Å². The number of para-hydroxylation sites is 2. The third-order valence-electron chi connectivity index (χ3n) is 2.43. The van der Waals surface area contributed by atoms with E-state index in [-0.39, 0.29) is 5.91 Å². The molecule has 0 saturated heterocycles. The first-order chi connectivity index (χ1) is 6.68. The molecular weight excluding hydrogens is 176 g/mol. The lowest BCUT2D eigenvalue weighted by Crippen LogP contribution is -2.42. The summed E-state index contributed by atoms with van der Waals surface area (Å²) >= 11 is 0. The number of nitrogens with zero attached hydrogens (tertiary/aromatic N) is 1. The second-order valence-electron chi connectivity index (χ2n) is 3.69. The topological polar surface area (TPSA) is 32.3 Å². The second-order valence-corrected chi connectivity index (χ2v) is 3.69. The van der Waals surface area contributed by atoms with Crippen molar-refractivity contribution in [2.24, 2.45) is 0 Å². The van der Waals surface area contributed by atoms with Gasteiger partial charge in [-0.25, -0.2) is 0 Å². The summed E-state index contributed by atoms with van der Waals surface area (Å²) < 4.78 is 0. The van der Waals surface area contributed by atoms with Crippen LogP contribution in [0.4, 0.5) is 11.4 Å². The van der Waals surface area contributed by atoms with Crippen LogP contribution in [0.15, 0.2) is 24.3 Å². The average molecular weight is 190 g/mol. The molecule has 0 saturated carbocycles. The summed E-state index contributed by atoms with van der Waals surface area (Å²) in [5.41, 5.74) is 2.03. The molecule has 1 unspecified atom stereocenters. The quantitative estimate of drug-likeness (QED) is 0.677. The first-order valence-corrected chi connectivity index (χ1v) is 4.82. The minimum Gasteiger partial charge on any atom is -0.379 e. The van der Waals surface area contributed by atoms with Crippen molar-refractivity contribution >= 4 is 17.3 Å². The Kier molecular flexibility index (Phi) is 2.15. The van der Waals surface area contributed by atoms with E-state index in [1.54, 1.807) is 6.92 Å². The predicted octanol–water partition coefficient (Wildman–Crippen LogP) is 1.85. The second kappa shape index (κ2) is 3.33. The van der Waals surface area contributed by atoms with E-state index in [1.165, 1.54) is 0 Å². The Hall–Kier alpha value is -1.51. The fraction of sp³-hybridized carbons (Fsp3) is 0.364. The Balaban J connectivity index is 2.43. The molecule has 0 fully saturated rings. The Labute approximate surface area is 83.7 Å². The van der Waals surface area contributed by atoms with E-state index >= 15 is 0 Å². The summed E-state index contributed by atoms with van der Waals surface area (Å²) in [6.45, 7) is 4.42. The molecule has 1 heterocycles. The number of hydrogen-bond donors (Lipinski definition) is 1. The number of rotatable bonds is 0. The number of fused-ring (bicyclic) bond motifs is 1. The van der Waals surface area contributed by atoms with Crippen LogP contribution in [-0.2, 0) is 4.79 Å². The Morgan fingerprint density at radius 1 is 1.50 bits per heavy atom. The van der Waals surface area contributed by atoms with E-state index in [0.717, 1.165) is 17.9 Å². The molecule has 0 aliphatic carbocycles. The van der Waals surface area contributed by atoms with Crippen molar-refractivity contribution in [2.45, 2.75) is 19.9 Å². The zero-order chi connectivity index (χ0) is 10.1. The fourth-order valence-electron chi connectivity index (χ4n) is 1.81. The molecule has 0 spiro atoms. The number of anilines is 2. The maximum absolute atomic E-state index is 11.4. The lowest BCUT2D eigenvalue weighted by Gasteiger charge is -2.33. The molecule has 1 aromatic carbocycles. The van der Waals surface area contributed by atoms with Gasteiger partial charge in [-0.3, -0.25) is 4.79 Å². The van der Waals surface area contributed by atoms with Crippen LogP contribution in [0.1, 0.15) is 13.8 Å². The van der Waals surface area contributed by atoms with Crippen molar-refractivity contribution < 1.29 is 4.79 Å². The lowest BCUT2D eigenvalue weighted by atomic mass is 10.1. The van der Waals surface area contributed by atoms with Gasteiger partial charge in [0.15, 0.2) is 0 Å². The fourth-order valence-corrected chi connectivity index (χ4v) is 1.81. The highest BCUT2D eigenvalue weighted by Gasteiger charge is 2.22. The summed E-state index contributed by atoms with van der Waals surface area (Å²) in [6, 6.07) is 8.21. The molecule has 1 amide bonds. The van der Waals surface area contributed by atoms with Gasteiger partial charge in [0.25, 0.3) is 0 Å². The van der Waals surface area contributed by atoms with Gasteiger partial charge in [-0.1, -0.05) is 12.1 Å². The zero-order valence-electron chi connectivity index (χ0n) is 8.45. The molecule has 1 aliphatic heterocycles. The van der Waals surface area contributed by atoms with Crippen molar-refractivity contribution in [1.82, 2.24) is 0 Å². The normalized spacial score (nSPS) is 19.9. The molecule has 0 bridgehead atoms.